The minimum atomic E-state index is -1.31. The number of carboxylic acid groups (broad SMARTS) is 1. The number of cyclic esters (lactones) is 1. The molecular formula is C40H37Cl2N3O5. The molecule has 3 fully saturated rings. The number of carbonyl (C=O) groups excluding carboxylic acids is 2. The first-order valence-corrected chi connectivity index (χ1v) is 17.7. The van der Waals surface area contributed by atoms with Crippen molar-refractivity contribution in [1.29, 1.82) is 0 Å². The Morgan fingerprint density at radius 3 is 2.14 bits per heavy atom. The number of hydrogen-bond acceptors (Lipinski definition) is 5. The standard InChI is InChI=1S/C40H37Cl2N3O5/c1-38(2)15-17-39(18-16-38)40(29-14-13-26(41)22-30(29)44-36(40)47)31(25-19-27(42)21-28(20-25)43-37(48)49)33-35(46)50-34(24-11-7-4-8-12-24)32(45(33)39)23-9-5-3-6-10-23/h3-14,19-22,31-34,43H,15-18H2,1-2H3,(H,44,47)(H,48,49)/t31-,32+,33+,34-,40?/m0/s1. The summed E-state index contributed by atoms with van der Waals surface area (Å²) in [5, 5.41) is 16.1. The van der Waals surface area contributed by atoms with Gasteiger partial charge in [-0.05, 0) is 83.7 Å². The Morgan fingerprint density at radius 2 is 1.48 bits per heavy atom. The van der Waals surface area contributed by atoms with Gasteiger partial charge in [-0.2, -0.15) is 0 Å². The van der Waals surface area contributed by atoms with Gasteiger partial charge in [-0.3, -0.25) is 19.8 Å². The van der Waals surface area contributed by atoms with Gasteiger partial charge in [-0.15, -0.1) is 0 Å². The minimum absolute atomic E-state index is 0.00390. The maximum atomic E-state index is 15.3. The molecule has 2 saturated heterocycles. The summed E-state index contributed by atoms with van der Waals surface area (Å²) in [6.45, 7) is 4.51. The van der Waals surface area contributed by atoms with Crippen LogP contribution in [0.4, 0.5) is 16.2 Å². The fourth-order valence-corrected chi connectivity index (χ4v) is 10.0. The second kappa shape index (κ2) is 11.9. The SMILES string of the molecule is CC1(C)CCC2(CC1)N1[C@H](c3ccccc3)[C@H](c3ccccc3)OC(=O)[C@H]1[C@H](c1cc(Cl)cc(NC(=O)O)c1)C21C(=O)Nc2cc(Cl)ccc21. The van der Waals surface area contributed by atoms with E-state index in [4.69, 9.17) is 27.9 Å². The number of ether oxygens (including phenoxy) is 1. The van der Waals surface area contributed by atoms with Gasteiger partial charge in [0.1, 0.15) is 17.6 Å². The van der Waals surface area contributed by atoms with Crippen molar-refractivity contribution < 1.29 is 24.2 Å². The monoisotopic (exact) mass is 709 g/mol. The van der Waals surface area contributed by atoms with E-state index in [1.165, 1.54) is 6.07 Å². The third kappa shape index (κ3) is 4.87. The molecule has 5 atom stereocenters. The van der Waals surface area contributed by atoms with E-state index in [-0.39, 0.29) is 22.0 Å². The van der Waals surface area contributed by atoms with Gasteiger partial charge in [0, 0.05) is 32.9 Å². The van der Waals surface area contributed by atoms with Crippen molar-refractivity contribution in [2.75, 3.05) is 10.6 Å². The molecule has 1 aliphatic carbocycles. The van der Waals surface area contributed by atoms with Gasteiger partial charge in [-0.1, -0.05) is 104 Å². The van der Waals surface area contributed by atoms with E-state index in [1.807, 2.05) is 54.6 Å². The quantitative estimate of drug-likeness (QED) is 0.183. The maximum absolute atomic E-state index is 15.3. The van der Waals surface area contributed by atoms with Crippen molar-refractivity contribution >= 4 is 52.5 Å². The molecule has 0 bridgehead atoms. The lowest BCUT2D eigenvalue weighted by Crippen LogP contribution is -2.64. The second-order valence-corrected chi connectivity index (χ2v) is 15.7. The highest BCUT2D eigenvalue weighted by Gasteiger charge is 2.78. The van der Waals surface area contributed by atoms with Crippen LogP contribution in [0.15, 0.2) is 97.1 Å². The van der Waals surface area contributed by atoms with Crippen molar-refractivity contribution in [3.05, 3.63) is 129 Å². The lowest BCUT2D eigenvalue weighted by molar-refractivity contribution is -0.184. The Labute approximate surface area is 300 Å². The second-order valence-electron chi connectivity index (χ2n) is 14.8. The molecule has 4 aliphatic rings. The molecule has 3 N–H and O–H groups in total. The number of morpholine rings is 1. The van der Waals surface area contributed by atoms with Crippen LogP contribution in [0.5, 0.6) is 0 Å². The summed E-state index contributed by atoms with van der Waals surface area (Å²) in [5.41, 5.74) is 1.81. The average Bonchev–Trinajstić information content (AvgIpc) is 3.51. The van der Waals surface area contributed by atoms with E-state index in [9.17, 15) is 14.7 Å². The Morgan fingerprint density at radius 1 is 0.820 bits per heavy atom. The van der Waals surface area contributed by atoms with Crippen LogP contribution in [0.2, 0.25) is 10.0 Å². The predicted molar refractivity (Wildman–Crippen MR) is 193 cm³/mol. The van der Waals surface area contributed by atoms with E-state index in [1.54, 1.807) is 24.3 Å². The van der Waals surface area contributed by atoms with Crippen LogP contribution in [0.3, 0.4) is 0 Å². The number of carbonyl (C=O) groups is 3. The molecule has 8 nitrogen and oxygen atoms in total. The lowest BCUT2D eigenvalue weighted by Gasteiger charge is -2.57. The van der Waals surface area contributed by atoms with Gasteiger partial charge in [0.15, 0.2) is 0 Å². The molecule has 50 heavy (non-hydrogen) atoms. The van der Waals surface area contributed by atoms with Gasteiger partial charge >= 0.3 is 12.1 Å². The van der Waals surface area contributed by atoms with Crippen LogP contribution in [0, 0.1) is 5.41 Å². The molecule has 1 saturated carbocycles. The van der Waals surface area contributed by atoms with Gasteiger partial charge in [0.2, 0.25) is 5.91 Å². The molecule has 2 amide bonds. The lowest BCUT2D eigenvalue weighted by atomic mass is 9.53. The van der Waals surface area contributed by atoms with Gasteiger partial charge < -0.3 is 15.2 Å². The van der Waals surface area contributed by atoms with Gasteiger partial charge in [0.25, 0.3) is 0 Å². The zero-order valence-electron chi connectivity index (χ0n) is 27.7. The highest BCUT2D eigenvalue weighted by molar-refractivity contribution is 6.31. The normalized spacial score (nSPS) is 27.8. The number of rotatable bonds is 4. The summed E-state index contributed by atoms with van der Waals surface area (Å²) in [4.78, 5) is 44.5. The number of hydrogen-bond donors (Lipinski definition) is 3. The van der Waals surface area contributed by atoms with Crippen molar-refractivity contribution in [1.82, 2.24) is 4.90 Å². The highest BCUT2D eigenvalue weighted by atomic mass is 35.5. The molecule has 3 heterocycles. The zero-order valence-corrected chi connectivity index (χ0v) is 29.2. The summed E-state index contributed by atoms with van der Waals surface area (Å²) in [6, 6.07) is 28.9. The topological polar surface area (TPSA) is 108 Å². The Balaban J connectivity index is 1.48. The molecule has 256 valence electrons. The van der Waals surface area contributed by atoms with Crippen LogP contribution >= 0.6 is 23.2 Å². The van der Waals surface area contributed by atoms with E-state index in [2.05, 4.69) is 41.5 Å². The third-order valence-electron chi connectivity index (χ3n) is 11.6. The number of halogens is 2. The Kier molecular flexibility index (Phi) is 7.78. The van der Waals surface area contributed by atoms with Gasteiger partial charge in [0.05, 0.1) is 6.04 Å². The fourth-order valence-electron chi connectivity index (χ4n) is 9.62. The first-order chi connectivity index (χ1) is 23.9. The van der Waals surface area contributed by atoms with Crippen LogP contribution < -0.4 is 10.6 Å². The molecule has 2 spiro atoms. The van der Waals surface area contributed by atoms with Crippen LogP contribution in [0.25, 0.3) is 0 Å². The number of fused-ring (bicyclic) bond motifs is 5. The number of benzene rings is 4. The Bertz CT molecular complexity index is 2010. The number of anilines is 2. The maximum Gasteiger partial charge on any atom is 0.409 e. The summed E-state index contributed by atoms with van der Waals surface area (Å²) in [6.07, 6.45) is 0.965. The van der Waals surface area contributed by atoms with E-state index in [0.29, 0.717) is 29.1 Å². The van der Waals surface area contributed by atoms with Gasteiger partial charge in [-0.25, -0.2) is 4.79 Å². The molecule has 0 radical (unpaired) electrons. The van der Waals surface area contributed by atoms with E-state index >= 15 is 4.79 Å². The summed E-state index contributed by atoms with van der Waals surface area (Å²) in [7, 11) is 0. The van der Waals surface area contributed by atoms with Crippen molar-refractivity contribution in [3.8, 4) is 0 Å². The smallest absolute Gasteiger partial charge is 0.409 e. The number of amides is 2. The number of esters is 1. The van der Waals surface area contributed by atoms with Crippen molar-refractivity contribution in [3.63, 3.8) is 0 Å². The van der Waals surface area contributed by atoms with Crippen LogP contribution in [-0.4, -0.2) is 39.6 Å². The first-order valence-electron chi connectivity index (χ1n) is 17.0. The molecule has 8 rings (SSSR count). The van der Waals surface area contributed by atoms with E-state index in [0.717, 1.165) is 29.5 Å². The van der Waals surface area contributed by atoms with Crippen LogP contribution in [0.1, 0.15) is 79.8 Å². The largest absolute Gasteiger partial charge is 0.465 e. The molecule has 0 aromatic heterocycles. The molecule has 3 aliphatic heterocycles. The third-order valence-corrected chi connectivity index (χ3v) is 12.1. The zero-order chi connectivity index (χ0) is 35.0. The predicted octanol–water partition coefficient (Wildman–Crippen LogP) is 9.12. The summed E-state index contributed by atoms with van der Waals surface area (Å²) >= 11 is 13.3. The minimum Gasteiger partial charge on any atom is -0.465 e. The molecule has 4 aromatic carbocycles. The van der Waals surface area contributed by atoms with E-state index < -0.39 is 47.1 Å². The number of nitrogens with one attached hydrogen (secondary N) is 2. The Hall–Kier alpha value is -4.37. The number of nitrogens with zero attached hydrogens (tertiary/aromatic N) is 1. The summed E-state index contributed by atoms with van der Waals surface area (Å²) < 4.78 is 6.57. The average molecular weight is 711 g/mol. The highest BCUT2D eigenvalue weighted by Crippen LogP contribution is 2.71. The molecular weight excluding hydrogens is 673 g/mol. The first kappa shape index (κ1) is 32.8. The summed E-state index contributed by atoms with van der Waals surface area (Å²) in [5.74, 6) is -1.48. The fraction of sp³-hybridized carbons (Fsp3) is 0.325. The van der Waals surface area contributed by atoms with Crippen molar-refractivity contribution in [2.24, 2.45) is 5.41 Å². The molecule has 10 heteroatoms. The molecule has 4 aromatic rings. The van der Waals surface area contributed by atoms with Crippen LogP contribution in [-0.2, 0) is 19.7 Å². The van der Waals surface area contributed by atoms with Crippen molar-refractivity contribution in [2.45, 2.75) is 74.6 Å². The molecule has 1 unspecified atom stereocenters.